The molecule has 0 bridgehead atoms. The summed E-state index contributed by atoms with van der Waals surface area (Å²) in [6.07, 6.45) is 1.86. The molecule has 1 amide bonds. The van der Waals surface area contributed by atoms with E-state index in [1.54, 1.807) is 41.0 Å². The highest BCUT2D eigenvalue weighted by molar-refractivity contribution is 7.99. The van der Waals surface area contributed by atoms with Crippen molar-refractivity contribution in [2.45, 2.75) is 18.1 Å². The number of ether oxygens (including phenoxy) is 2. The van der Waals surface area contributed by atoms with Crippen molar-refractivity contribution >= 4 is 44.9 Å². The van der Waals surface area contributed by atoms with Crippen molar-refractivity contribution in [3.63, 3.8) is 0 Å². The van der Waals surface area contributed by atoms with Crippen LogP contribution < -0.4 is 20.3 Å². The van der Waals surface area contributed by atoms with Crippen molar-refractivity contribution in [3.05, 3.63) is 76.7 Å². The molecule has 0 spiro atoms. The van der Waals surface area contributed by atoms with Crippen LogP contribution in [-0.4, -0.2) is 34.4 Å². The molecule has 0 saturated heterocycles. The molecule has 184 valence electrons. The molecule has 2 aromatic heterocycles. The van der Waals surface area contributed by atoms with Crippen molar-refractivity contribution < 1.29 is 18.7 Å². The number of benzene rings is 2. The van der Waals surface area contributed by atoms with Gasteiger partial charge in [0.15, 0.2) is 16.7 Å². The van der Waals surface area contributed by atoms with Crippen LogP contribution in [0.15, 0.2) is 70.5 Å². The van der Waals surface area contributed by atoms with Crippen LogP contribution in [-0.2, 0) is 11.3 Å². The van der Waals surface area contributed by atoms with Crippen LogP contribution in [0.25, 0.3) is 21.3 Å². The highest BCUT2D eigenvalue weighted by Gasteiger charge is 2.18. The Bertz CT molecular complexity index is 1500. The number of thiophene rings is 1. The minimum Gasteiger partial charge on any atom is -0.486 e. The summed E-state index contributed by atoms with van der Waals surface area (Å²) in [7, 11) is 0. The zero-order valence-electron chi connectivity index (χ0n) is 19.2. The number of amides is 1. The van der Waals surface area contributed by atoms with Gasteiger partial charge in [-0.05, 0) is 29.8 Å². The molecule has 3 heterocycles. The first-order valence-corrected chi connectivity index (χ1v) is 13.1. The molecule has 36 heavy (non-hydrogen) atoms. The zero-order valence-corrected chi connectivity index (χ0v) is 20.8. The average Bonchev–Trinajstić information content (AvgIpc) is 3.31. The van der Waals surface area contributed by atoms with E-state index in [0.29, 0.717) is 51.5 Å². The number of allylic oxidation sites excluding steroid dienone is 1. The lowest BCUT2D eigenvalue weighted by atomic mass is 10.1. The number of hydrogen-bond donors (Lipinski definition) is 1. The van der Waals surface area contributed by atoms with Crippen molar-refractivity contribution in [3.8, 4) is 22.6 Å². The normalized spacial score (nSPS) is 12.5. The minimum absolute atomic E-state index is 0.160. The standard InChI is InChI=1S/C26H22FN3O4S2/c1-2-10-30-25(32)23-19(16-3-5-17(27)6-4-16)15-36-24(23)29-26(30)35-13-9-22(31)28-18-7-8-20-21(14-18)34-12-11-33-20/h2-8,14-15H,1,9-13H2,(H,28,31). The smallest absolute Gasteiger partial charge is 0.263 e. The second-order valence-corrected chi connectivity index (χ2v) is 9.86. The lowest BCUT2D eigenvalue weighted by Gasteiger charge is -2.19. The lowest BCUT2D eigenvalue weighted by Crippen LogP contribution is -2.23. The summed E-state index contributed by atoms with van der Waals surface area (Å²) < 4.78 is 26.0. The number of carbonyl (C=O) groups is 1. The minimum atomic E-state index is -0.336. The Balaban J connectivity index is 1.31. The molecule has 1 N–H and O–H groups in total. The number of hydrogen-bond acceptors (Lipinski definition) is 7. The van der Waals surface area contributed by atoms with Gasteiger partial charge < -0.3 is 14.8 Å². The second-order valence-electron chi connectivity index (χ2n) is 7.94. The van der Waals surface area contributed by atoms with E-state index in [4.69, 9.17) is 14.5 Å². The maximum atomic E-state index is 13.4. The summed E-state index contributed by atoms with van der Waals surface area (Å²) in [5.74, 6) is 1.20. The fourth-order valence-electron chi connectivity index (χ4n) is 3.83. The van der Waals surface area contributed by atoms with Gasteiger partial charge >= 0.3 is 0 Å². The second kappa shape index (κ2) is 10.5. The monoisotopic (exact) mass is 523 g/mol. The molecule has 0 radical (unpaired) electrons. The van der Waals surface area contributed by atoms with Crippen molar-refractivity contribution in [2.75, 3.05) is 24.3 Å². The van der Waals surface area contributed by atoms with E-state index in [-0.39, 0.29) is 30.2 Å². The van der Waals surface area contributed by atoms with Crippen LogP contribution in [0.2, 0.25) is 0 Å². The Morgan fingerprint density at radius 3 is 2.75 bits per heavy atom. The van der Waals surface area contributed by atoms with Crippen LogP contribution >= 0.6 is 23.1 Å². The van der Waals surface area contributed by atoms with Gasteiger partial charge in [0.25, 0.3) is 5.56 Å². The lowest BCUT2D eigenvalue weighted by molar-refractivity contribution is -0.115. The number of nitrogens with one attached hydrogen (secondary N) is 1. The molecular formula is C26H22FN3O4S2. The molecule has 0 unspecified atom stereocenters. The highest BCUT2D eigenvalue weighted by Crippen LogP contribution is 2.34. The molecule has 0 aliphatic carbocycles. The number of fused-ring (bicyclic) bond motifs is 2. The molecule has 5 rings (SSSR count). The van der Waals surface area contributed by atoms with E-state index in [9.17, 15) is 14.0 Å². The highest BCUT2D eigenvalue weighted by atomic mass is 32.2. The van der Waals surface area contributed by atoms with Crippen LogP contribution in [0.1, 0.15) is 6.42 Å². The van der Waals surface area contributed by atoms with Crippen LogP contribution in [0.5, 0.6) is 11.5 Å². The maximum Gasteiger partial charge on any atom is 0.263 e. The van der Waals surface area contributed by atoms with Gasteiger partial charge in [-0.25, -0.2) is 9.37 Å². The Morgan fingerprint density at radius 2 is 1.97 bits per heavy atom. The molecular weight excluding hydrogens is 501 g/mol. The van der Waals surface area contributed by atoms with Gasteiger partial charge in [0, 0.05) is 41.4 Å². The van der Waals surface area contributed by atoms with Crippen LogP contribution in [0.4, 0.5) is 10.1 Å². The van der Waals surface area contributed by atoms with E-state index in [1.165, 1.54) is 35.2 Å². The zero-order chi connectivity index (χ0) is 25.1. The molecule has 1 aliphatic rings. The molecule has 4 aromatic rings. The van der Waals surface area contributed by atoms with Gasteiger partial charge in [0.2, 0.25) is 5.91 Å². The first kappa shape index (κ1) is 24.1. The molecule has 0 saturated carbocycles. The third-order valence-electron chi connectivity index (χ3n) is 5.51. The predicted octanol–water partition coefficient (Wildman–Crippen LogP) is 5.34. The van der Waals surface area contributed by atoms with Crippen molar-refractivity contribution in [1.29, 1.82) is 0 Å². The number of thioether (sulfide) groups is 1. The van der Waals surface area contributed by atoms with Crippen LogP contribution in [0.3, 0.4) is 0 Å². The summed E-state index contributed by atoms with van der Waals surface area (Å²) in [6, 6.07) is 11.3. The first-order valence-electron chi connectivity index (χ1n) is 11.2. The largest absolute Gasteiger partial charge is 0.486 e. The quantitative estimate of drug-likeness (QED) is 0.191. The van der Waals surface area contributed by atoms with E-state index in [1.807, 2.05) is 5.38 Å². The molecule has 1 aliphatic heterocycles. The van der Waals surface area contributed by atoms with E-state index in [0.717, 1.165) is 11.1 Å². The average molecular weight is 524 g/mol. The van der Waals surface area contributed by atoms with Gasteiger partial charge in [0.05, 0.1) is 5.39 Å². The van der Waals surface area contributed by atoms with E-state index < -0.39 is 0 Å². The van der Waals surface area contributed by atoms with Gasteiger partial charge in [-0.2, -0.15) is 0 Å². The van der Waals surface area contributed by atoms with Gasteiger partial charge in [-0.3, -0.25) is 14.2 Å². The third-order valence-corrected chi connectivity index (χ3v) is 7.36. The van der Waals surface area contributed by atoms with E-state index >= 15 is 0 Å². The molecule has 10 heteroatoms. The Hall–Kier alpha value is -3.63. The van der Waals surface area contributed by atoms with Gasteiger partial charge in [-0.1, -0.05) is 30.0 Å². The number of aromatic nitrogens is 2. The molecule has 0 atom stereocenters. The Morgan fingerprint density at radius 1 is 1.19 bits per heavy atom. The number of carbonyl (C=O) groups excluding carboxylic acids is 1. The summed E-state index contributed by atoms with van der Waals surface area (Å²) in [4.78, 5) is 31.2. The van der Waals surface area contributed by atoms with Gasteiger partial charge in [0.1, 0.15) is 23.9 Å². The fraction of sp³-hybridized carbons (Fsp3) is 0.192. The van der Waals surface area contributed by atoms with Crippen LogP contribution in [0, 0.1) is 5.82 Å². The molecule has 7 nitrogen and oxygen atoms in total. The Kier molecular flexibility index (Phi) is 7.06. The topological polar surface area (TPSA) is 82.5 Å². The SMILES string of the molecule is C=CCn1c(SCCC(=O)Nc2ccc3c(c2)OCCO3)nc2scc(-c3ccc(F)cc3)c2c1=O. The summed E-state index contributed by atoms with van der Waals surface area (Å²) in [5, 5.41) is 5.74. The number of halogens is 1. The Labute approximate surface area is 214 Å². The number of rotatable bonds is 8. The number of nitrogens with zero attached hydrogens (tertiary/aromatic N) is 2. The molecule has 0 fully saturated rings. The third kappa shape index (κ3) is 5.00. The predicted molar refractivity (Wildman–Crippen MR) is 141 cm³/mol. The van der Waals surface area contributed by atoms with Crippen molar-refractivity contribution in [1.82, 2.24) is 9.55 Å². The maximum absolute atomic E-state index is 13.4. The summed E-state index contributed by atoms with van der Waals surface area (Å²) >= 11 is 2.70. The van der Waals surface area contributed by atoms with Crippen molar-refractivity contribution in [2.24, 2.45) is 0 Å². The van der Waals surface area contributed by atoms with E-state index in [2.05, 4.69) is 11.9 Å². The first-order chi connectivity index (χ1) is 17.5. The molecule has 2 aromatic carbocycles. The fourth-order valence-corrected chi connectivity index (χ4v) is 5.76. The van der Waals surface area contributed by atoms with Gasteiger partial charge in [-0.15, -0.1) is 17.9 Å². The summed E-state index contributed by atoms with van der Waals surface area (Å²) in [6.45, 7) is 5.03. The number of anilines is 1. The summed E-state index contributed by atoms with van der Waals surface area (Å²) in [5.41, 5.74) is 1.91.